The van der Waals surface area contributed by atoms with E-state index >= 15 is 0 Å². The molecular formula is C19H17N3O3. The summed E-state index contributed by atoms with van der Waals surface area (Å²) >= 11 is 0. The van der Waals surface area contributed by atoms with Gasteiger partial charge in [0.15, 0.2) is 0 Å². The van der Waals surface area contributed by atoms with Gasteiger partial charge < -0.3 is 15.4 Å². The Bertz CT molecular complexity index is 819. The minimum Gasteiger partial charge on any atom is -0.368 e. The third kappa shape index (κ3) is 4.22. The molecule has 1 aliphatic heterocycles. The SMILES string of the molecule is N#Cc1cccc(C(=O)Nc2ccc(NC(=O)C3CCCO3)cc2)c1. The number of nitriles is 1. The van der Waals surface area contributed by atoms with Crippen LogP contribution in [0.15, 0.2) is 48.5 Å². The second-order valence-electron chi connectivity index (χ2n) is 5.71. The Morgan fingerprint density at radius 2 is 1.80 bits per heavy atom. The van der Waals surface area contributed by atoms with Crippen LogP contribution in [0, 0.1) is 11.3 Å². The minimum atomic E-state index is -0.383. The highest BCUT2D eigenvalue weighted by Gasteiger charge is 2.23. The Labute approximate surface area is 145 Å². The molecule has 2 N–H and O–H groups in total. The maximum absolute atomic E-state index is 12.2. The average Bonchev–Trinajstić information content (AvgIpc) is 3.18. The van der Waals surface area contributed by atoms with Crippen LogP contribution in [0.1, 0.15) is 28.8 Å². The van der Waals surface area contributed by atoms with Crippen LogP contribution in [-0.2, 0) is 9.53 Å². The predicted molar refractivity (Wildman–Crippen MR) is 93.2 cm³/mol. The first-order chi connectivity index (χ1) is 12.2. The van der Waals surface area contributed by atoms with Gasteiger partial charge in [-0.3, -0.25) is 9.59 Å². The molecule has 2 amide bonds. The molecule has 126 valence electrons. The van der Waals surface area contributed by atoms with Crippen LogP contribution in [0.4, 0.5) is 11.4 Å². The first-order valence-corrected chi connectivity index (χ1v) is 8.00. The van der Waals surface area contributed by atoms with E-state index in [1.807, 2.05) is 6.07 Å². The summed E-state index contributed by atoms with van der Waals surface area (Å²) in [5.41, 5.74) is 2.09. The van der Waals surface area contributed by atoms with Gasteiger partial charge in [0.2, 0.25) is 0 Å². The predicted octanol–water partition coefficient (Wildman–Crippen LogP) is 2.93. The summed E-state index contributed by atoms with van der Waals surface area (Å²) < 4.78 is 5.34. The topological polar surface area (TPSA) is 91.2 Å². The normalized spacial score (nSPS) is 16.0. The van der Waals surface area contributed by atoms with Crippen molar-refractivity contribution in [2.24, 2.45) is 0 Å². The highest BCUT2D eigenvalue weighted by molar-refractivity contribution is 6.04. The molecule has 0 aromatic heterocycles. The summed E-state index contributed by atoms with van der Waals surface area (Å²) in [6.45, 7) is 0.621. The molecule has 0 bridgehead atoms. The van der Waals surface area contributed by atoms with E-state index in [0.29, 0.717) is 29.1 Å². The van der Waals surface area contributed by atoms with Gasteiger partial charge in [0.25, 0.3) is 11.8 Å². The summed E-state index contributed by atoms with van der Waals surface area (Å²) in [5.74, 6) is -0.448. The number of rotatable bonds is 4. The smallest absolute Gasteiger partial charge is 0.255 e. The molecule has 3 rings (SSSR count). The minimum absolute atomic E-state index is 0.150. The van der Waals surface area contributed by atoms with Crippen molar-refractivity contribution >= 4 is 23.2 Å². The third-order valence-corrected chi connectivity index (χ3v) is 3.89. The highest BCUT2D eigenvalue weighted by atomic mass is 16.5. The standard InChI is InChI=1S/C19H17N3O3/c20-12-13-3-1-4-14(11-13)18(23)21-15-6-8-16(9-7-15)22-19(24)17-5-2-10-25-17/h1,3-4,6-9,11,17H,2,5,10H2,(H,21,23)(H,22,24). The molecule has 6 heteroatoms. The Hall–Kier alpha value is -3.17. The van der Waals surface area contributed by atoms with Crippen molar-refractivity contribution in [2.75, 3.05) is 17.2 Å². The maximum atomic E-state index is 12.2. The van der Waals surface area contributed by atoms with E-state index in [9.17, 15) is 9.59 Å². The van der Waals surface area contributed by atoms with Crippen LogP contribution >= 0.6 is 0 Å². The van der Waals surface area contributed by atoms with E-state index in [2.05, 4.69) is 10.6 Å². The number of anilines is 2. The fourth-order valence-electron chi connectivity index (χ4n) is 2.58. The van der Waals surface area contributed by atoms with Crippen LogP contribution in [0.3, 0.4) is 0 Å². The quantitative estimate of drug-likeness (QED) is 0.899. The fourth-order valence-corrected chi connectivity index (χ4v) is 2.58. The molecule has 0 aliphatic carbocycles. The summed E-state index contributed by atoms with van der Waals surface area (Å²) in [5, 5.41) is 14.4. The molecule has 25 heavy (non-hydrogen) atoms. The van der Waals surface area contributed by atoms with E-state index in [-0.39, 0.29) is 17.9 Å². The zero-order valence-corrected chi connectivity index (χ0v) is 13.5. The first-order valence-electron chi connectivity index (χ1n) is 8.00. The molecule has 1 heterocycles. The Kier molecular flexibility index (Phi) is 5.07. The fraction of sp³-hybridized carbons (Fsp3) is 0.211. The van der Waals surface area contributed by atoms with Crippen molar-refractivity contribution in [1.82, 2.24) is 0 Å². The Morgan fingerprint density at radius 1 is 1.08 bits per heavy atom. The van der Waals surface area contributed by atoms with Crippen LogP contribution < -0.4 is 10.6 Å². The van der Waals surface area contributed by atoms with Gasteiger partial charge in [-0.15, -0.1) is 0 Å². The van der Waals surface area contributed by atoms with E-state index in [4.69, 9.17) is 10.00 Å². The highest BCUT2D eigenvalue weighted by Crippen LogP contribution is 2.18. The number of carbonyl (C=O) groups excluding carboxylic acids is 2. The number of nitrogens with one attached hydrogen (secondary N) is 2. The molecule has 2 aromatic carbocycles. The Balaban J connectivity index is 1.61. The third-order valence-electron chi connectivity index (χ3n) is 3.89. The molecule has 1 saturated heterocycles. The lowest BCUT2D eigenvalue weighted by Crippen LogP contribution is -2.26. The largest absolute Gasteiger partial charge is 0.368 e. The molecule has 1 unspecified atom stereocenters. The lowest BCUT2D eigenvalue weighted by Gasteiger charge is -2.11. The van der Waals surface area contributed by atoms with Gasteiger partial charge in [0, 0.05) is 23.5 Å². The molecule has 1 aliphatic rings. The van der Waals surface area contributed by atoms with E-state index in [0.717, 1.165) is 12.8 Å². The van der Waals surface area contributed by atoms with E-state index in [1.54, 1.807) is 42.5 Å². The second kappa shape index (κ2) is 7.60. The molecular weight excluding hydrogens is 318 g/mol. The summed E-state index contributed by atoms with van der Waals surface area (Å²) in [6, 6.07) is 15.3. The lowest BCUT2D eigenvalue weighted by atomic mass is 10.1. The van der Waals surface area contributed by atoms with Crippen LogP contribution in [0.5, 0.6) is 0 Å². The van der Waals surface area contributed by atoms with Crippen LogP contribution in [0.2, 0.25) is 0 Å². The number of hydrogen-bond acceptors (Lipinski definition) is 4. The number of nitrogens with zero attached hydrogens (tertiary/aromatic N) is 1. The molecule has 6 nitrogen and oxygen atoms in total. The van der Waals surface area contributed by atoms with Crippen LogP contribution in [-0.4, -0.2) is 24.5 Å². The zero-order chi connectivity index (χ0) is 17.6. The number of carbonyl (C=O) groups is 2. The van der Waals surface area contributed by atoms with Crippen molar-refractivity contribution in [2.45, 2.75) is 18.9 Å². The second-order valence-corrected chi connectivity index (χ2v) is 5.71. The number of ether oxygens (including phenoxy) is 1. The molecule has 1 atom stereocenters. The van der Waals surface area contributed by atoms with Gasteiger partial charge in [-0.25, -0.2) is 0 Å². The number of hydrogen-bond donors (Lipinski definition) is 2. The first kappa shape index (κ1) is 16.7. The van der Waals surface area contributed by atoms with Crippen molar-refractivity contribution in [3.8, 4) is 6.07 Å². The summed E-state index contributed by atoms with van der Waals surface area (Å²) in [4.78, 5) is 24.2. The number of benzene rings is 2. The van der Waals surface area contributed by atoms with Gasteiger partial charge in [0.05, 0.1) is 11.6 Å². The molecule has 2 aromatic rings. The average molecular weight is 335 g/mol. The Morgan fingerprint density at radius 3 is 2.44 bits per heavy atom. The lowest BCUT2D eigenvalue weighted by molar-refractivity contribution is -0.124. The molecule has 0 spiro atoms. The summed E-state index contributed by atoms with van der Waals surface area (Å²) in [6.07, 6.45) is 1.25. The monoisotopic (exact) mass is 335 g/mol. The zero-order valence-electron chi connectivity index (χ0n) is 13.5. The van der Waals surface area contributed by atoms with Crippen molar-refractivity contribution in [3.05, 3.63) is 59.7 Å². The number of amides is 2. The molecule has 0 saturated carbocycles. The molecule has 1 fully saturated rings. The van der Waals surface area contributed by atoms with Gasteiger partial charge in [-0.2, -0.15) is 5.26 Å². The summed E-state index contributed by atoms with van der Waals surface area (Å²) in [7, 11) is 0. The van der Waals surface area contributed by atoms with E-state index < -0.39 is 0 Å². The van der Waals surface area contributed by atoms with Crippen molar-refractivity contribution in [3.63, 3.8) is 0 Å². The van der Waals surface area contributed by atoms with E-state index in [1.165, 1.54) is 6.07 Å². The van der Waals surface area contributed by atoms with Crippen LogP contribution in [0.25, 0.3) is 0 Å². The van der Waals surface area contributed by atoms with Gasteiger partial charge in [-0.1, -0.05) is 6.07 Å². The van der Waals surface area contributed by atoms with Gasteiger partial charge in [-0.05, 0) is 55.3 Å². The maximum Gasteiger partial charge on any atom is 0.255 e. The van der Waals surface area contributed by atoms with Gasteiger partial charge in [0.1, 0.15) is 6.10 Å². The van der Waals surface area contributed by atoms with Gasteiger partial charge >= 0.3 is 0 Å². The van der Waals surface area contributed by atoms with Crippen molar-refractivity contribution < 1.29 is 14.3 Å². The van der Waals surface area contributed by atoms with Crippen molar-refractivity contribution in [1.29, 1.82) is 5.26 Å². The molecule has 0 radical (unpaired) electrons.